The zero-order chi connectivity index (χ0) is 23.9. The molecule has 1 aliphatic heterocycles. The Bertz CT molecular complexity index is 1190. The van der Waals surface area contributed by atoms with Crippen LogP contribution in [-0.2, 0) is 11.3 Å². The minimum absolute atomic E-state index is 0.0122. The molecule has 1 aliphatic rings. The maximum atomic E-state index is 14.1. The van der Waals surface area contributed by atoms with Gasteiger partial charge < -0.3 is 9.80 Å². The Morgan fingerprint density at radius 3 is 2.50 bits per heavy atom. The van der Waals surface area contributed by atoms with Crippen LogP contribution in [0.1, 0.15) is 32.6 Å². The number of piperazine rings is 1. The summed E-state index contributed by atoms with van der Waals surface area (Å²) in [5.41, 5.74) is 1.19. The van der Waals surface area contributed by atoms with Crippen LogP contribution in [0.4, 0.5) is 10.1 Å². The Morgan fingerprint density at radius 1 is 1.00 bits per heavy atom. The van der Waals surface area contributed by atoms with Gasteiger partial charge in [-0.15, -0.1) is 0 Å². The summed E-state index contributed by atoms with van der Waals surface area (Å²) in [7, 11) is 0. The van der Waals surface area contributed by atoms with Gasteiger partial charge in [-0.1, -0.05) is 62.2 Å². The average Bonchev–Trinajstić information content (AvgIpc) is 2.87. The molecule has 0 atom stereocenters. The smallest absolute Gasteiger partial charge is 0.262 e. The van der Waals surface area contributed by atoms with E-state index < -0.39 is 0 Å². The first-order valence-electron chi connectivity index (χ1n) is 12.0. The number of hydrogen-bond donors (Lipinski definition) is 0. The molecule has 8 heteroatoms. The molecule has 1 saturated heterocycles. The predicted octanol–water partition coefficient (Wildman–Crippen LogP) is 4.56. The van der Waals surface area contributed by atoms with Crippen LogP contribution in [0.3, 0.4) is 0 Å². The van der Waals surface area contributed by atoms with E-state index in [1.165, 1.54) is 17.8 Å². The van der Waals surface area contributed by atoms with Gasteiger partial charge in [0.05, 0.1) is 22.3 Å². The van der Waals surface area contributed by atoms with Crippen LogP contribution in [0.15, 0.2) is 58.5 Å². The summed E-state index contributed by atoms with van der Waals surface area (Å²) in [6.07, 6.45) is 4.24. The number of unbranched alkanes of at least 4 members (excludes halogenated alkanes) is 3. The zero-order valence-corrected chi connectivity index (χ0v) is 20.4. The number of anilines is 1. The van der Waals surface area contributed by atoms with E-state index in [0.717, 1.165) is 25.7 Å². The predicted molar refractivity (Wildman–Crippen MR) is 136 cm³/mol. The van der Waals surface area contributed by atoms with Crippen molar-refractivity contribution in [3.8, 4) is 0 Å². The second-order valence-electron chi connectivity index (χ2n) is 8.54. The van der Waals surface area contributed by atoms with E-state index in [2.05, 4.69) is 6.92 Å². The summed E-state index contributed by atoms with van der Waals surface area (Å²) in [6.45, 7) is 5.04. The first kappa shape index (κ1) is 24.3. The molecular formula is C26H31FN4O2S. The number of hydrogen-bond acceptors (Lipinski definition) is 5. The van der Waals surface area contributed by atoms with Crippen molar-refractivity contribution in [2.24, 2.45) is 0 Å². The van der Waals surface area contributed by atoms with E-state index in [4.69, 9.17) is 4.98 Å². The van der Waals surface area contributed by atoms with Crippen molar-refractivity contribution in [3.63, 3.8) is 0 Å². The Balaban J connectivity index is 1.42. The van der Waals surface area contributed by atoms with Crippen molar-refractivity contribution in [2.75, 3.05) is 36.8 Å². The van der Waals surface area contributed by atoms with E-state index in [0.29, 0.717) is 54.5 Å². The van der Waals surface area contributed by atoms with Gasteiger partial charge in [-0.2, -0.15) is 0 Å². The molecule has 0 radical (unpaired) electrons. The van der Waals surface area contributed by atoms with Gasteiger partial charge in [0.2, 0.25) is 5.91 Å². The SMILES string of the molecule is CCCCCCn1c(SCC(=O)N2CCN(c3ccccc3F)CC2)nc2ccccc2c1=O. The molecule has 0 aliphatic carbocycles. The highest BCUT2D eigenvalue weighted by Crippen LogP contribution is 2.22. The van der Waals surface area contributed by atoms with Crippen LogP contribution in [0.2, 0.25) is 0 Å². The van der Waals surface area contributed by atoms with E-state index in [1.807, 2.05) is 40.1 Å². The van der Waals surface area contributed by atoms with Gasteiger partial charge in [0.1, 0.15) is 5.82 Å². The standard InChI is InChI=1S/C26H31FN4O2S/c1-2-3-4-9-14-31-25(33)20-10-5-7-12-22(20)28-26(31)34-19-24(32)30-17-15-29(16-18-30)23-13-8-6-11-21(23)27/h5-8,10-13H,2-4,9,14-19H2,1H3. The van der Waals surface area contributed by atoms with E-state index in [-0.39, 0.29) is 23.0 Å². The van der Waals surface area contributed by atoms with Crippen LogP contribution in [0.25, 0.3) is 10.9 Å². The highest BCUT2D eigenvalue weighted by Gasteiger charge is 2.23. The second-order valence-corrected chi connectivity index (χ2v) is 9.48. The molecule has 0 bridgehead atoms. The Morgan fingerprint density at radius 2 is 1.74 bits per heavy atom. The Kier molecular flexibility index (Phi) is 8.21. The molecule has 1 amide bonds. The molecule has 0 saturated carbocycles. The van der Waals surface area contributed by atoms with Gasteiger partial charge in [0.15, 0.2) is 5.16 Å². The fourth-order valence-corrected chi connectivity index (χ4v) is 5.20. The molecule has 1 aromatic heterocycles. The average molecular weight is 483 g/mol. The lowest BCUT2D eigenvalue weighted by Gasteiger charge is -2.36. The van der Waals surface area contributed by atoms with Gasteiger partial charge in [0, 0.05) is 32.7 Å². The molecule has 3 aromatic rings. The minimum atomic E-state index is -0.239. The minimum Gasteiger partial charge on any atom is -0.366 e. The number of carbonyl (C=O) groups is 1. The maximum Gasteiger partial charge on any atom is 0.262 e. The molecule has 2 heterocycles. The van der Waals surface area contributed by atoms with Crippen LogP contribution in [0.5, 0.6) is 0 Å². The first-order valence-corrected chi connectivity index (χ1v) is 13.0. The summed E-state index contributed by atoms with van der Waals surface area (Å²) < 4.78 is 15.8. The van der Waals surface area contributed by atoms with Crippen LogP contribution in [-0.4, -0.2) is 52.3 Å². The van der Waals surface area contributed by atoms with Crippen molar-refractivity contribution < 1.29 is 9.18 Å². The highest BCUT2D eigenvalue weighted by atomic mass is 32.2. The number of fused-ring (bicyclic) bond motifs is 1. The molecular weight excluding hydrogens is 451 g/mol. The number of benzene rings is 2. The number of rotatable bonds is 9. The summed E-state index contributed by atoms with van der Waals surface area (Å²) in [5, 5.41) is 1.21. The molecule has 2 aromatic carbocycles. The third-order valence-electron chi connectivity index (χ3n) is 6.21. The van der Waals surface area contributed by atoms with Gasteiger partial charge >= 0.3 is 0 Å². The fraction of sp³-hybridized carbons (Fsp3) is 0.423. The number of carbonyl (C=O) groups excluding carboxylic acids is 1. The third-order valence-corrected chi connectivity index (χ3v) is 7.17. The van der Waals surface area contributed by atoms with E-state index >= 15 is 0 Å². The molecule has 6 nitrogen and oxygen atoms in total. The summed E-state index contributed by atoms with van der Waals surface area (Å²) in [6, 6.07) is 14.1. The largest absolute Gasteiger partial charge is 0.366 e. The zero-order valence-electron chi connectivity index (χ0n) is 19.6. The van der Waals surface area contributed by atoms with Crippen molar-refractivity contribution >= 4 is 34.3 Å². The maximum absolute atomic E-state index is 14.1. The number of halogens is 1. The molecule has 1 fully saturated rings. The lowest BCUT2D eigenvalue weighted by molar-refractivity contribution is -0.128. The third kappa shape index (κ3) is 5.60. The van der Waals surface area contributed by atoms with Crippen molar-refractivity contribution in [3.05, 3.63) is 64.7 Å². The molecule has 34 heavy (non-hydrogen) atoms. The van der Waals surface area contributed by atoms with Crippen LogP contribution < -0.4 is 10.5 Å². The topological polar surface area (TPSA) is 58.4 Å². The Hall–Kier alpha value is -2.87. The van der Waals surface area contributed by atoms with E-state index in [9.17, 15) is 14.0 Å². The van der Waals surface area contributed by atoms with Gasteiger partial charge in [-0.05, 0) is 30.7 Å². The number of amides is 1. The van der Waals surface area contributed by atoms with Crippen LogP contribution in [0, 0.1) is 5.82 Å². The van der Waals surface area contributed by atoms with Crippen molar-refractivity contribution in [2.45, 2.75) is 44.3 Å². The molecule has 0 unspecified atom stereocenters. The normalized spacial score (nSPS) is 14.1. The number of thioether (sulfide) groups is 1. The second kappa shape index (κ2) is 11.5. The first-order chi connectivity index (χ1) is 16.6. The molecule has 180 valence electrons. The fourth-order valence-electron chi connectivity index (χ4n) is 4.27. The number of nitrogens with zero attached hydrogens (tertiary/aromatic N) is 4. The summed E-state index contributed by atoms with van der Waals surface area (Å²) in [4.78, 5) is 34.6. The van der Waals surface area contributed by atoms with Gasteiger partial charge in [-0.3, -0.25) is 14.2 Å². The molecule has 4 rings (SSSR count). The van der Waals surface area contributed by atoms with E-state index in [1.54, 1.807) is 16.7 Å². The summed E-state index contributed by atoms with van der Waals surface area (Å²) >= 11 is 1.33. The highest BCUT2D eigenvalue weighted by molar-refractivity contribution is 7.99. The number of aromatic nitrogens is 2. The van der Waals surface area contributed by atoms with Crippen molar-refractivity contribution in [1.82, 2.24) is 14.5 Å². The Labute approximate surface area is 203 Å². The van der Waals surface area contributed by atoms with Gasteiger partial charge in [0.25, 0.3) is 5.56 Å². The quantitative estimate of drug-likeness (QED) is 0.254. The van der Waals surface area contributed by atoms with Gasteiger partial charge in [-0.25, -0.2) is 9.37 Å². The molecule has 0 spiro atoms. The number of para-hydroxylation sites is 2. The molecule has 0 N–H and O–H groups in total. The lowest BCUT2D eigenvalue weighted by Crippen LogP contribution is -2.49. The summed E-state index contributed by atoms with van der Waals surface area (Å²) in [5.74, 6) is -0.00496. The van der Waals surface area contributed by atoms with Crippen LogP contribution >= 0.6 is 11.8 Å². The lowest BCUT2D eigenvalue weighted by atomic mass is 10.2. The monoisotopic (exact) mass is 482 g/mol. The van der Waals surface area contributed by atoms with Crippen molar-refractivity contribution in [1.29, 1.82) is 0 Å².